The number of benzene rings is 2. The van der Waals surface area contributed by atoms with Gasteiger partial charge in [0.15, 0.2) is 11.9 Å². The molecule has 21 heavy (non-hydrogen) atoms. The van der Waals surface area contributed by atoms with Crippen molar-refractivity contribution in [2.45, 2.75) is 0 Å². The number of nitrogens with zero attached hydrogens (tertiary/aromatic N) is 2. The maximum atomic E-state index is 11.0. The third-order valence-electron chi connectivity index (χ3n) is 3.03. The molecule has 0 spiro atoms. The maximum Gasteiger partial charge on any atom is 0.282 e. The summed E-state index contributed by atoms with van der Waals surface area (Å²) < 4.78 is 5.46. The van der Waals surface area contributed by atoms with Crippen LogP contribution in [0.25, 0.3) is 22.6 Å². The van der Waals surface area contributed by atoms with E-state index in [-0.39, 0.29) is 39.6 Å². The zero-order valence-electron chi connectivity index (χ0n) is 10.5. The summed E-state index contributed by atoms with van der Waals surface area (Å²) in [4.78, 5) is 25.6. The van der Waals surface area contributed by atoms with E-state index in [0.29, 0.717) is 6.29 Å². The minimum Gasteiger partial charge on any atom is -0.507 e. The molecule has 1 heterocycles. The van der Waals surface area contributed by atoms with Crippen LogP contribution in [0.2, 0.25) is 0 Å². The molecular formula is C14H8N2O5. The van der Waals surface area contributed by atoms with E-state index >= 15 is 0 Å². The van der Waals surface area contributed by atoms with Crippen molar-refractivity contribution >= 4 is 23.1 Å². The average Bonchev–Trinajstić information content (AvgIpc) is 2.91. The Kier molecular flexibility index (Phi) is 2.87. The molecule has 1 aromatic heterocycles. The molecule has 1 N–H and O–H groups in total. The molecule has 0 saturated carbocycles. The van der Waals surface area contributed by atoms with Crippen LogP contribution in [-0.4, -0.2) is 21.3 Å². The Morgan fingerprint density at radius 2 is 2.00 bits per heavy atom. The summed E-state index contributed by atoms with van der Waals surface area (Å²) in [6.45, 7) is 0. The normalized spacial score (nSPS) is 10.7. The van der Waals surface area contributed by atoms with E-state index in [1.54, 1.807) is 6.07 Å². The van der Waals surface area contributed by atoms with Crippen molar-refractivity contribution in [2.24, 2.45) is 0 Å². The van der Waals surface area contributed by atoms with E-state index in [1.165, 1.54) is 30.3 Å². The summed E-state index contributed by atoms with van der Waals surface area (Å²) in [5, 5.41) is 20.6. The lowest BCUT2D eigenvalue weighted by atomic mass is 10.2. The van der Waals surface area contributed by atoms with Crippen molar-refractivity contribution in [1.82, 2.24) is 4.98 Å². The number of phenolic OH excluding ortho intramolecular Hbond substituents is 1. The quantitative estimate of drug-likeness (QED) is 0.450. The maximum absolute atomic E-state index is 11.0. The molecule has 104 valence electrons. The van der Waals surface area contributed by atoms with Crippen molar-refractivity contribution < 1.29 is 19.2 Å². The van der Waals surface area contributed by atoms with Crippen molar-refractivity contribution in [2.75, 3.05) is 0 Å². The zero-order chi connectivity index (χ0) is 15.0. The number of fused-ring (bicyclic) bond motifs is 1. The first kappa shape index (κ1) is 12.8. The fourth-order valence-electron chi connectivity index (χ4n) is 2.05. The van der Waals surface area contributed by atoms with E-state index in [2.05, 4.69) is 4.98 Å². The molecule has 0 aliphatic carbocycles. The molecule has 7 heteroatoms. The second-order valence-electron chi connectivity index (χ2n) is 4.26. The highest BCUT2D eigenvalue weighted by Crippen LogP contribution is 2.33. The number of hydrogen-bond donors (Lipinski definition) is 1. The number of phenols is 1. The first-order valence-corrected chi connectivity index (χ1v) is 5.93. The third kappa shape index (κ3) is 2.00. The number of aldehydes is 1. The minimum absolute atomic E-state index is 0.0129. The van der Waals surface area contributed by atoms with Gasteiger partial charge >= 0.3 is 0 Å². The Hall–Kier alpha value is -3.22. The standard InChI is InChI=1S/C14H8N2O5/c17-7-9-11(18)5-6-12-13(9)15-14(21-12)8-3-1-2-4-10(8)16(19)20/h1-7,18H. The molecule has 0 aliphatic heterocycles. The first-order valence-electron chi connectivity index (χ1n) is 5.93. The first-order chi connectivity index (χ1) is 10.1. The van der Waals surface area contributed by atoms with Crippen LogP contribution in [0.5, 0.6) is 5.75 Å². The van der Waals surface area contributed by atoms with E-state index < -0.39 is 4.92 Å². The third-order valence-corrected chi connectivity index (χ3v) is 3.03. The lowest BCUT2D eigenvalue weighted by Crippen LogP contribution is -1.91. The van der Waals surface area contributed by atoms with Crippen molar-refractivity contribution in [3.05, 3.63) is 52.1 Å². The van der Waals surface area contributed by atoms with Gasteiger partial charge in [0.2, 0.25) is 5.89 Å². The van der Waals surface area contributed by atoms with Crippen LogP contribution in [0.1, 0.15) is 10.4 Å². The Balaban J connectivity index is 2.28. The van der Waals surface area contributed by atoms with Crippen LogP contribution < -0.4 is 0 Å². The molecular weight excluding hydrogens is 276 g/mol. The molecule has 0 atom stereocenters. The van der Waals surface area contributed by atoms with Gasteiger partial charge < -0.3 is 9.52 Å². The number of rotatable bonds is 3. The van der Waals surface area contributed by atoms with Gasteiger partial charge in [-0.3, -0.25) is 14.9 Å². The summed E-state index contributed by atoms with van der Waals surface area (Å²) in [5.74, 6) is -0.203. The molecule has 0 aliphatic rings. The fraction of sp³-hybridized carbons (Fsp3) is 0. The average molecular weight is 284 g/mol. The van der Waals surface area contributed by atoms with Gasteiger partial charge in [-0.1, -0.05) is 12.1 Å². The van der Waals surface area contributed by atoms with Gasteiger partial charge in [0, 0.05) is 6.07 Å². The zero-order valence-corrected chi connectivity index (χ0v) is 10.5. The number of para-hydroxylation sites is 1. The summed E-state index contributed by atoms with van der Waals surface area (Å²) in [7, 11) is 0. The second-order valence-corrected chi connectivity index (χ2v) is 4.26. The highest BCUT2D eigenvalue weighted by molar-refractivity contribution is 5.97. The van der Waals surface area contributed by atoms with E-state index in [1.807, 2.05) is 0 Å². The number of nitro groups is 1. The molecule has 0 radical (unpaired) electrons. The van der Waals surface area contributed by atoms with E-state index in [9.17, 15) is 20.0 Å². The molecule has 0 saturated heterocycles. The Labute approximate surface area is 117 Å². The number of aromatic nitrogens is 1. The summed E-state index contributed by atoms with van der Waals surface area (Å²) in [5.41, 5.74) is 0.471. The lowest BCUT2D eigenvalue weighted by Gasteiger charge is -1.96. The topological polar surface area (TPSA) is 106 Å². The molecule has 3 rings (SSSR count). The van der Waals surface area contributed by atoms with Gasteiger partial charge in [-0.15, -0.1) is 0 Å². The SMILES string of the molecule is O=Cc1c(O)ccc2oc(-c3ccccc3[N+](=O)[O-])nc12. The minimum atomic E-state index is -0.539. The van der Waals surface area contributed by atoms with Gasteiger partial charge in [0.05, 0.1) is 10.5 Å². The van der Waals surface area contributed by atoms with Gasteiger partial charge in [-0.2, -0.15) is 0 Å². The van der Waals surface area contributed by atoms with Gasteiger partial charge in [-0.05, 0) is 18.2 Å². The van der Waals surface area contributed by atoms with Crippen LogP contribution in [0.3, 0.4) is 0 Å². The van der Waals surface area contributed by atoms with Crippen molar-refractivity contribution in [1.29, 1.82) is 0 Å². The molecule has 2 aromatic carbocycles. The van der Waals surface area contributed by atoms with Crippen LogP contribution in [0.4, 0.5) is 5.69 Å². The smallest absolute Gasteiger partial charge is 0.282 e. The van der Waals surface area contributed by atoms with Gasteiger partial charge in [0.1, 0.15) is 16.8 Å². The largest absolute Gasteiger partial charge is 0.507 e. The highest BCUT2D eigenvalue weighted by Gasteiger charge is 2.21. The van der Waals surface area contributed by atoms with Crippen LogP contribution in [-0.2, 0) is 0 Å². The van der Waals surface area contributed by atoms with Gasteiger partial charge in [0.25, 0.3) is 5.69 Å². The number of hydrogen-bond acceptors (Lipinski definition) is 6. The molecule has 0 amide bonds. The molecule has 0 unspecified atom stereocenters. The highest BCUT2D eigenvalue weighted by atomic mass is 16.6. The number of aromatic hydroxyl groups is 1. The van der Waals surface area contributed by atoms with Gasteiger partial charge in [-0.25, -0.2) is 4.98 Å². The second kappa shape index (κ2) is 4.71. The monoisotopic (exact) mass is 284 g/mol. The fourth-order valence-corrected chi connectivity index (χ4v) is 2.05. The summed E-state index contributed by atoms with van der Waals surface area (Å²) >= 11 is 0. The van der Waals surface area contributed by atoms with Crippen molar-refractivity contribution in [3.63, 3.8) is 0 Å². The Morgan fingerprint density at radius 3 is 2.71 bits per heavy atom. The van der Waals surface area contributed by atoms with E-state index in [4.69, 9.17) is 4.42 Å². The summed E-state index contributed by atoms with van der Waals surface area (Å²) in [6.07, 6.45) is 0.462. The van der Waals surface area contributed by atoms with Crippen molar-refractivity contribution in [3.8, 4) is 17.2 Å². The molecule has 7 nitrogen and oxygen atoms in total. The Morgan fingerprint density at radius 1 is 1.24 bits per heavy atom. The predicted molar refractivity (Wildman–Crippen MR) is 73.2 cm³/mol. The lowest BCUT2D eigenvalue weighted by molar-refractivity contribution is -0.384. The molecule has 0 bridgehead atoms. The number of oxazole rings is 1. The number of carbonyl (C=O) groups is 1. The number of carbonyl (C=O) groups excluding carboxylic acids is 1. The molecule has 0 fully saturated rings. The van der Waals surface area contributed by atoms with E-state index in [0.717, 1.165) is 0 Å². The predicted octanol–water partition coefficient (Wildman–Crippen LogP) is 2.92. The van der Waals surface area contributed by atoms with Crippen LogP contribution in [0.15, 0.2) is 40.8 Å². The molecule has 3 aromatic rings. The number of nitro benzene ring substituents is 1. The Bertz CT molecular complexity index is 869. The van der Waals surface area contributed by atoms with Crippen LogP contribution in [0, 0.1) is 10.1 Å². The van der Waals surface area contributed by atoms with Crippen LogP contribution >= 0.6 is 0 Å². The summed E-state index contributed by atoms with van der Waals surface area (Å²) in [6, 6.07) is 8.75.